The van der Waals surface area contributed by atoms with Gasteiger partial charge in [-0.25, -0.2) is 13.4 Å². The molecule has 0 aliphatic heterocycles. The van der Waals surface area contributed by atoms with Crippen molar-refractivity contribution in [2.24, 2.45) is 5.92 Å². The van der Waals surface area contributed by atoms with Crippen LogP contribution in [0.4, 0.5) is 5.13 Å². The van der Waals surface area contributed by atoms with Crippen molar-refractivity contribution >= 4 is 42.1 Å². The van der Waals surface area contributed by atoms with Crippen molar-refractivity contribution < 1.29 is 13.2 Å². The Balaban J connectivity index is 2.85. The minimum Gasteiger partial charge on any atom is -0.302 e. The molecule has 102 valence electrons. The first-order chi connectivity index (χ1) is 8.25. The predicted octanol–water partition coefficient (Wildman–Crippen LogP) is 2.75. The van der Waals surface area contributed by atoms with Crippen LogP contribution < -0.4 is 5.32 Å². The van der Waals surface area contributed by atoms with Gasteiger partial charge in [-0.1, -0.05) is 31.6 Å². The summed E-state index contributed by atoms with van der Waals surface area (Å²) in [6.07, 6.45) is 1.68. The van der Waals surface area contributed by atoms with Gasteiger partial charge in [0.2, 0.25) is 5.91 Å². The minimum atomic E-state index is -3.80. The Kier molecular flexibility index (Phi) is 5.12. The summed E-state index contributed by atoms with van der Waals surface area (Å²) in [5.41, 5.74) is 0.299. The maximum atomic E-state index is 11.7. The molecule has 0 saturated heterocycles. The largest absolute Gasteiger partial charge is 0.302 e. The molecule has 0 bridgehead atoms. The summed E-state index contributed by atoms with van der Waals surface area (Å²) in [5.74, 6) is -0.292. The standard InChI is InChI=1S/C10H15ClN2O3S2/c1-4-5-6(2)8(14)13-10-12-7(3)9(17-10)18(11,15)16/h6H,4-5H2,1-3H3,(H,12,13,14). The highest BCUT2D eigenvalue weighted by atomic mass is 35.7. The summed E-state index contributed by atoms with van der Waals surface area (Å²) < 4.78 is 22.4. The van der Waals surface area contributed by atoms with E-state index in [0.29, 0.717) is 5.69 Å². The van der Waals surface area contributed by atoms with Crippen LogP contribution >= 0.6 is 22.0 Å². The fraction of sp³-hybridized carbons (Fsp3) is 0.600. The van der Waals surface area contributed by atoms with Crippen LogP contribution in [0.1, 0.15) is 32.4 Å². The van der Waals surface area contributed by atoms with E-state index in [-0.39, 0.29) is 21.2 Å². The van der Waals surface area contributed by atoms with Gasteiger partial charge in [-0.15, -0.1) is 0 Å². The lowest BCUT2D eigenvalue weighted by Gasteiger charge is -2.08. The summed E-state index contributed by atoms with van der Waals surface area (Å²) in [7, 11) is 1.45. The first kappa shape index (κ1) is 15.4. The van der Waals surface area contributed by atoms with Crippen LogP contribution in [0.25, 0.3) is 0 Å². The van der Waals surface area contributed by atoms with Crippen LogP contribution in [-0.4, -0.2) is 19.3 Å². The number of rotatable bonds is 5. The Morgan fingerprint density at radius 3 is 2.61 bits per heavy atom. The van der Waals surface area contributed by atoms with Gasteiger partial charge >= 0.3 is 0 Å². The third-order valence-electron chi connectivity index (χ3n) is 2.37. The maximum absolute atomic E-state index is 11.7. The van der Waals surface area contributed by atoms with E-state index in [1.54, 1.807) is 0 Å². The summed E-state index contributed by atoms with van der Waals surface area (Å²) in [4.78, 5) is 15.7. The van der Waals surface area contributed by atoms with Crippen LogP contribution in [0.3, 0.4) is 0 Å². The smallest absolute Gasteiger partial charge is 0.272 e. The van der Waals surface area contributed by atoms with E-state index in [9.17, 15) is 13.2 Å². The average molecular weight is 311 g/mol. The molecule has 1 rings (SSSR count). The summed E-state index contributed by atoms with van der Waals surface area (Å²) in [5, 5.41) is 2.87. The van der Waals surface area contributed by atoms with E-state index in [1.165, 1.54) is 6.92 Å². The molecule has 1 unspecified atom stereocenters. The molecule has 1 heterocycles. The number of hydrogen-bond donors (Lipinski definition) is 1. The zero-order chi connectivity index (χ0) is 13.9. The van der Waals surface area contributed by atoms with Gasteiger partial charge in [-0.3, -0.25) is 4.79 Å². The molecular formula is C10H15ClN2O3S2. The zero-order valence-corrected chi connectivity index (χ0v) is 12.7. The third kappa shape index (κ3) is 3.93. The predicted molar refractivity (Wildman–Crippen MR) is 72.6 cm³/mol. The van der Waals surface area contributed by atoms with Crippen molar-refractivity contribution in [3.8, 4) is 0 Å². The molecule has 8 heteroatoms. The van der Waals surface area contributed by atoms with Gasteiger partial charge in [0.1, 0.15) is 0 Å². The molecule has 1 aromatic heterocycles. The lowest BCUT2D eigenvalue weighted by atomic mass is 10.1. The van der Waals surface area contributed by atoms with Crippen LogP contribution in [0, 0.1) is 12.8 Å². The molecule has 1 N–H and O–H groups in total. The number of thiazole rings is 1. The van der Waals surface area contributed by atoms with E-state index in [4.69, 9.17) is 10.7 Å². The molecule has 1 amide bonds. The van der Waals surface area contributed by atoms with Gasteiger partial charge in [0, 0.05) is 16.6 Å². The van der Waals surface area contributed by atoms with Crippen LogP contribution in [0.5, 0.6) is 0 Å². The number of amides is 1. The Morgan fingerprint density at radius 1 is 1.56 bits per heavy atom. The quantitative estimate of drug-likeness (QED) is 0.848. The monoisotopic (exact) mass is 310 g/mol. The lowest BCUT2D eigenvalue weighted by molar-refractivity contribution is -0.119. The number of aryl methyl sites for hydroxylation is 1. The van der Waals surface area contributed by atoms with Crippen LogP contribution in [0.2, 0.25) is 0 Å². The number of carbonyl (C=O) groups is 1. The number of carbonyl (C=O) groups excluding carboxylic acids is 1. The molecule has 0 fully saturated rings. The SMILES string of the molecule is CCCC(C)C(=O)Nc1nc(C)c(S(=O)(=O)Cl)s1. The normalized spacial score (nSPS) is 13.3. The van der Waals surface area contributed by atoms with Gasteiger partial charge in [-0.05, 0) is 13.3 Å². The molecule has 5 nitrogen and oxygen atoms in total. The van der Waals surface area contributed by atoms with Gasteiger partial charge in [0.15, 0.2) is 9.34 Å². The number of nitrogens with zero attached hydrogens (tertiary/aromatic N) is 1. The second-order valence-corrected chi connectivity index (χ2v) is 7.77. The maximum Gasteiger partial charge on any atom is 0.272 e. The third-order valence-corrected chi connectivity index (χ3v) is 5.63. The summed E-state index contributed by atoms with van der Waals surface area (Å²) >= 11 is 0.867. The fourth-order valence-corrected chi connectivity index (χ4v) is 3.81. The van der Waals surface area contributed by atoms with Gasteiger partial charge < -0.3 is 5.32 Å². The Bertz CT molecular complexity index is 539. The Morgan fingerprint density at radius 2 is 2.17 bits per heavy atom. The number of nitrogens with one attached hydrogen (secondary N) is 1. The molecule has 0 aliphatic rings. The van der Waals surface area contributed by atoms with Gasteiger partial charge in [-0.2, -0.15) is 0 Å². The number of halogens is 1. The van der Waals surface area contributed by atoms with Crippen molar-refractivity contribution in [1.29, 1.82) is 0 Å². The summed E-state index contributed by atoms with van der Waals surface area (Å²) in [6, 6.07) is 0. The van der Waals surface area contributed by atoms with E-state index in [0.717, 1.165) is 24.2 Å². The van der Waals surface area contributed by atoms with Crippen LogP contribution in [0.15, 0.2) is 4.21 Å². The van der Waals surface area contributed by atoms with Crippen molar-refractivity contribution in [2.45, 2.75) is 37.8 Å². The van der Waals surface area contributed by atoms with Gasteiger partial charge in [0.25, 0.3) is 9.05 Å². The number of anilines is 1. The minimum absolute atomic E-state index is 0.0254. The van der Waals surface area contributed by atoms with Crippen molar-refractivity contribution in [3.63, 3.8) is 0 Å². The Labute approximate surface area is 115 Å². The Hall–Kier alpha value is -0.660. The highest BCUT2D eigenvalue weighted by molar-refractivity contribution is 8.15. The van der Waals surface area contributed by atoms with Gasteiger partial charge in [0.05, 0.1) is 5.69 Å². The number of hydrogen-bond acceptors (Lipinski definition) is 5. The average Bonchev–Trinajstić information content (AvgIpc) is 2.59. The molecule has 18 heavy (non-hydrogen) atoms. The van der Waals surface area contributed by atoms with E-state index < -0.39 is 9.05 Å². The zero-order valence-electron chi connectivity index (χ0n) is 10.4. The first-order valence-electron chi connectivity index (χ1n) is 5.48. The molecule has 0 radical (unpaired) electrons. The van der Waals surface area contributed by atoms with E-state index >= 15 is 0 Å². The molecule has 1 atom stereocenters. The van der Waals surface area contributed by atoms with E-state index in [1.807, 2.05) is 13.8 Å². The second-order valence-electron chi connectivity index (χ2n) is 4.01. The summed E-state index contributed by atoms with van der Waals surface area (Å²) in [6.45, 7) is 5.35. The molecule has 0 spiro atoms. The molecule has 0 aromatic carbocycles. The van der Waals surface area contributed by atoms with Crippen LogP contribution in [-0.2, 0) is 13.8 Å². The topological polar surface area (TPSA) is 76.1 Å². The second kappa shape index (κ2) is 5.99. The van der Waals surface area contributed by atoms with Crippen molar-refractivity contribution in [2.75, 3.05) is 5.32 Å². The van der Waals surface area contributed by atoms with E-state index in [2.05, 4.69) is 10.3 Å². The molecule has 1 aromatic rings. The van der Waals surface area contributed by atoms with Crippen molar-refractivity contribution in [1.82, 2.24) is 4.98 Å². The fourth-order valence-electron chi connectivity index (χ4n) is 1.45. The first-order valence-corrected chi connectivity index (χ1v) is 8.61. The highest BCUT2D eigenvalue weighted by Gasteiger charge is 2.21. The number of aromatic nitrogens is 1. The highest BCUT2D eigenvalue weighted by Crippen LogP contribution is 2.29. The molecule has 0 aliphatic carbocycles. The van der Waals surface area contributed by atoms with Crippen molar-refractivity contribution in [3.05, 3.63) is 5.69 Å². The molecule has 0 saturated carbocycles. The lowest BCUT2D eigenvalue weighted by Crippen LogP contribution is -2.20. The molecular weight excluding hydrogens is 296 g/mol.